The number of anilines is 1. The van der Waals surface area contributed by atoms with Gasteiger partial charge in [-0.2, -0.15) is 0 Å². The molecule has 5 heteroatoms. The van der Waals surface area contributed by atoms with Crippen LogP contribution in [0.2, 0.25) is 0 Å². The smallest absolute Gasteiger partial charge is 0.227 e. The molecule has 0 unspecified atom stereocenters. The van der Waals surface area contributed by atoms with Gasteiger partial charge in [-0.3, -0.25) is 4.79 Å². The lowest BCUT2D eigenvalue weighted by Gasteiger charge is -2.13. The minimum Gasteiger partial charge on any atom is -0.497 e. The first-order chi connectivity index (χ1) is 11.7. The predicted octanol–water partition coefficient (Wildman–Crippen LogP) is 3.57. The highest BCUT2D eigenvalue weighted by molar-refractivity contribution is 5.96. The van der Waals surface area contributed by atoms with Gasteiger partial charge >= 0.3 is 0 Å². The molecule has 1 N–H and O–H groups in total. The molecule has 4 rings (SSSR count). The topological polar surface area (TPSA) is 52.5 Å². The van der Waals surface area contributed by atoms with Gasteiger partial charge in [0, 0.05) is 23.5 Å². The quantitative estimate of drug-likeness (QED) is 0.784. The number of nitrogens with one attached hydrogen (secondary N) is 1. The summed E-state index contributed by atoms with van der Waals surface area (Å²) in [5, 5.41) is 4.01. The van der Waals surface area contributed by atoms with E-state index in [1.165, 1.54) is 0 Å². The summed E-state index contributed by atoms with van der Waals surface area (Å²) in [4.78, 5) is 11.8. The number of hydrogen-bond acceptors (Lipinski definition) is 3. The van der Waals surface area contributed by atoms with Crippen LogP contribution in [-0.4, -0.2) is 24.2 Å². The Morgan fingerprint density at radius 1 is 1.21 bits per heavy atom. The third-order valence-electron chi connectivity index (χ3n) is 4.39. The first-order valence-corrected chi connectivity index (χ1v) is 7.87. The fourth-order valence-electron chi connectivity index (χ4n) is 3.16. The van der Waals surface area contributed by atoms with E-state index in [0.717, 1.165) is 39.3 Å². The maximum Gasteiger partial charge on any atom is 0.227 e. The average molecular weight is 322 g/mol. The van der Waals surface area contributed by atoms with Crippen LogP contribution in [-0.2, 0) is 11.8 Å². The van der Waals surface area contributed by atoms with Gasteiger partial charge in [0.1, 0.15) is 5.75 Å². The van der Waals surface area contributed by atoms with Gasteiger partial charge in [0.2, 0.25) is 5.91 Å². The molecule has 1 aliphatic heterocycles. The van der Waals surface area contributed by atoms with Crippen LogP contribution >= 0.6 is 0 Å². The van der Waals surface area contributed by atoms with Crippen molar-refractivity contribution in [3.63, 3.8) is 0 Å². The van der Waals surface area contributed by atoms with Gasteiger partial charge in [0.15, 0.2) is 5.75 Å². The van der Waals surface area contributed by atoms with Crippen LogP contribution in [0.15, 0.2) is 42.5 Å². The van der Waals surface area contributed by atoms with Gasteiger partial charge < -0.3 is 19.4 Å². The number of aryl methyl sites for hydroxylation is 1. The molecule has 2 aromatic carbocycles. The van der Waals surface area contributed by atoms with Crippen molar-refractivity contribution in [3.05, 3.63) is 42.5 Å². The number of nitrogens with zero attached hydrogens (tertiary/aromatic N) is 1. The van der Waals surface area contributed by atoms with Gasteiger partial charge in [-0.15, -0.1) is 0 Å². The monoisotopic (exact) mass is 322 g/mol. The fraction of sp³-hybridized carbons (Fsp3) is 0.211. The number of benzene rings is 2. The summed E-state index contributed by atoms with van der Waals surface area (Å²) in [6, 6.07) is 13.9. The Kier molecular flexibility index (Phi) is 3.41. The zero-order valence-corrected chi connectivity index (χ0v) is 13.6. The van der Waals surface area contributed by atoms with Crippen LogP contribution in [0.1, 0.15) is 6.42 Å². The average Bonchev–Trinajstić information content (AvgIpc) is 2.78. The summed E-state index contributed by atoms with van der Waals surface area (Å²) in [7, 11) is 3.69. The lowest BCUT2D eigenvalue weighted by atomic mass is 10.1. The Morgan fingerprint density at radius 2 is 2.08 bits per heavy atom. The summed E-state index contributed by atoms with van der Waals surface area (Å²) >= 11 is 0. The van der Waals surface area contributed by atoms with Gasteiger partial charge in [-0.1, -0.05) is 6.07 Å². The molecule has 0 fully saturated rings. The Labute approximate surface area is 139 Å². The van der Waals surface area contributed by atoms with Gasteiger partial charge in [-0.25, -0.2) is 0 Å². The SMILES string of the molecule is COc1ccc2c(c1)cc(-c1cccc3c1OCCC(=O)N3)n2C. The minimum atomic E-state index is -0.0207. The second-order valence-corrected chi connectivity index (χ2v) is 5.84. The number of ether oxygens (including phenoxy) is 2. The molecular weight excluding hydrogens is 304 g/mol. The molecule has 122 valence electrons. The Balaban J connectivity index is 1.90. The number of hydrogen-bond donors (Lipinski definition) is 1. The van der Waals surface area contributed by atoms with Crippen molar-refractivity contribution in [2.75, 3.05) is 19.0 Å². The standard InChI is InChI=1S/C19H18N2O3/c1-21-16-7-6-13(23-2)10-12(16)11-17(21)14-4-3-5-15-19(14)24-9-8-18(22)20-15/h3-7,10-11H,8-9H2,1-2H3,(H,20,22). The summed E-state index contributed by atoms with van der Waals surface area (Å²) in [5.41, 5.74) is 3.83. The molecule has 2 heterocycles. The lowest BCUT2D eigenvalue weighted by Crippen LogP contribution is -2.10. The van der Waals surface area contributed by atoms with Crippen LogP contribution in [0.3, 0.4) is 0 Å². The first-order valence-electron chi connectivity index (χ1n) is 7.87. The van der Waals surface area contributed by atoms with Crippen LogP contribution in [0.4, 0.5) is 5.69 Å². The van der Waals surface area contributed by atoms with Crippen molar-refractivity contribution < 1.29 is 14.3 Å². The van der Waals surface area contributed by atoms with Gasteiger partial charge in [-0.05, 0) is 36.4 Å². The number of carbonyl (C=O) groups is 1. The van der Waals surface area contributed by atoms with E-state index in [1.54, 1.807) is 7.11 Å². The zero-order valence-electron chi connectivity index (χ0n) is 13.6. The second-order valence-electron chi connectivity index (χ2n) is 5.84. The normalized spacial score (nSPS) is 13.8. The van der Waals surface area contributed by atoms with Crippen LogP contribution in [0.5, 0.6) is 11.5 Å². The summed E-state index contributed by atoms with van der Waals surface area (Å²) in [6.45, 7) is 0.383. The van der Waals surface area contributed by atoms with E-state index in [-0.39, 0.29) is 5.91 Å². The van der Waals surface area contributed by atoms with Crippen molar-refractivity contribution in [1.82, 2.24) is 4.57 Å². The summed E-state index contributed by atoms with van der Waals surface area (Å²) < 4.78 is 13.3. The summed E-state index contributed by atoms with van der Waals surface area (Å²) in [6.07, 6.45) is 0.362. The number of rotatable bonds is 2. The largest absolute Gasteiger partial charge is 0.497 e. The maximum absolute atomic E-state index is 11.8. The molecule has 0 saturated heterocycles. The molecular formula is C19H18N2O3. The molecule has 0 bridgehead atoms. The van der Waals surface area contributed by atoms with E-state index < -0.39 is 0 Å². The minimum absolute atomic E-state index is 0.0207. The Hall–Kier alpha value is -2.95. The second kappa shape index (κ2) is 5.60. The number of amides is 1. The van der Waals surface area contributed by atoms with Crippen molar-refractivity contribution in [3.8, 4) is 22.8 Å². The number of aromatic nitrogens is 1. The molecule has 0 atom stereocenters. The molecule has 1 amide bonds. The summed E-state index contributed by atoms with van der Waals surface area (Å²) in [5.74, 6) is 1.53. The van der Waals surface area contributed by atoms with E-state index in [9.17, 15) is 4.79 Å². The molecule has 1 aromatic heterocycles. The van der Waals surface area contributed by atoms with E-state index in [1.807, 2.05) is 43.4 Å². The van der Waals surface area contributed by atoms with E-state index >= 15 is 0 Å². The van der Waals surface area contributed by atoms with E-state index in [0.29, 0.717) is 13.0 Å². The van der Waals surface area contributed by atoms with Crippen molar-refractivity contribution in [2.45, 2.75) is 6.42 Å². The van der Waals surface area contributed by atoms with E-state index in [4.69, 9.17) is 9.47 Å². The van der Waals surface area contributed by atoms with Gasteiger partial charge in [0.25, 0.3) is 0 Å². The van der Waals surface area contributed by atoms with Crippen molar-refractivity contribution in [2.24, 2.45) is 7.05 Å². The highest BCUT2D eigenvalue weighted by Crippen LogP contribution is 2.40. The molecule has 24 heavy (non-hydrogen) atoms. The number of carbonyl (C=O) groups excluding carboxylic acids is 1. The van der Waals surface area contributed by atoms with Crippen molar-refractivity contribution >= 4 is 22.5 Å². The number of methoxy groups -OCH3 is 1. The van der Waals surface area contributed by atoms with Crippen LogP contribution < -0.4 is 14.8 Å². The highest BCUT2D eigenvalue weighted by Gasteiger charge is 2.20. The molecule has 0 saturated carbocycles. The molecule has 3 aromatic rings. The molecule has 0 radical (unpaired) electrons. The molecule has 0 aliphatic carbocycles. The van der Waals surface area contributed by atoms with Crippen molar-refractivity contribution in [1.29, 1.82) is 0 Å². The van der Waals surface area contributed by atoms with Crippen LogP contribution in [0.25, 0.3) is 22.2 Å². The van der Waals surface area contributed by atoms with Gasteiger partial charge in [0.05, 0.1) is 31.5 Å². The molecule has 0 spiro atoms. The lowest BCUT2D eigenvalue weighted by molar-refractivity contribution is -0.116. The third-order valence-corrected chi connectivity index (χ3v) is 4.39. The third kappa shape index (κ3) is 2.29. The van der Waals surface area contributed by atoms with Crippen LogP contribution in [0, 0.1) is 0 Å². The Bertz CT molecular complexity index is 943. The first kappa shape index (κ1) is 14.6. The number of fused-ring (bicyclic) bond motifs is 2. The highest BCUT2D eigenvalue weighted by atomic mass is 16.5. The number of para-hydroxylation sites is 1. The Morgan fingerprint density at radius 3 is 2.92 bits per heavy atom. The molecule has 5 nitrogen and oxygen atoms in total. The maximum atomic E-state index is 11.8. The van der Waals surface area contributed by atoms with E-state index in [2.05, 4.69) is 16.0 Å². The predicted molar refractivity (Wildman–Crippen MR) is 93.6 cm³/mol. The molecule has 1 aliphatic rings. The zero-order chi connectivity index (χ0) is 16.7. The fourth-order valence-corrected chi connectivity index (χ4v) is 3.16.